The molecule has 98 valence electrons. The molecule has 0 aliphatic heterocycles. The van der Waals surface area contributed by atoms with Crippen molar-refractivity contribution in [2.45, 2.75) is 26.2 Å². The number of aryl methyl sites for hydroxylation is 2. The van der Waals surface area contributed by atoms with E-state index in [0.29, 0.717) is 12.0 Å². The summed E-state index contributed by atoms with van der Waals surface area (Å²) in [5.74, 6) is -0.177. The van der Waals surface area contributed by atoms with E-state index in [-0.39, 0.29) is 5.92 Å². The molecule has 0 saturated heterocycles. The van der Waals surface area contributed by atoms with Crippen LogP contribution in [0.2, 0.25) is 0 Å². The zero-order valence-corrected chi connectivity index (χ0v) is 11.7. The fourth-order valence-corrected chi connectivity index (χ4v) is 2.36. The summed E-state index contributed by atoms with van der Waals surface area (Å²) in [7, 11) is 0. The topological polar surface area (TPSA) is 47.6 Å². The predicted molar refractivity (Wildman–Crippen MR) is 79.1 cm³/mol. The molecule has 0 aliphatic rings. The Labute approximate surface area is 119 Å². The van der Waals surface area contributed by atoms with Crippen LogP contribution in [-0.4, -0.2) is 0 Å². The lowest BCUT2D eigenvalue weighted by atomic mass is 9.89. The average Bonchev–Trinajstić information content (AvgIpc) is 2.47. The van der Waals surface area contributed by atoms with E-state index in [0.717, 1.165) is 22.3 Å². The summed E-state index contributed by atoms with van der Waals surface area (Å²) in [6, 6.07) is 18.2. The van der Waals surface area contributed by atoms with Gasteiger partial charge in [-0.2, -0.15) is 10.5 Å². The van der Waals surface area contributed by atoms with Crippen LogP contribution in [0.3, 0.4) is 0 Å². The Bertz CT molecular complexity index is 702. The molecule has 20 heavy (non-hydrogen) atoms. The molecule has 0 aliphatic carbocycles. The Kier molecular flexibility index (Phi) is 4.18. The van der Waals surface area contributed by atoms with Gasteiger partial charge < -0.3 is 0 Å². The van der Waals surface area contributed by atoms with Crippen molar-refractivity contribution >= 4 is 0 Å². The minimum absolute atomic E-state index is 0.177. The second kappa shape index (κ2) is 6.04. The van der Waals surface area contributed by atoms with Crippen LogP contribution >= 0.6 is 0 Å². The van der Waals surface area contributed by atoms with Crippen molar-refractivity contribution in [3.8, 4) is 12.1 Å². The molecule has 0 N–H and O–H groups in total. The van der Waals surface area contributed by atoms with Crippen molar-refractivity contribution in [2.75, 3.05) is 0 Å². The highest BCUT2D eigenvalue weighted by molar-refractivity contribution is 5.39. The van der Waals surface area contributed by atoms with Crippen LogP contribution in [-0.2, 0) is 6.42 Å². The van der Waals surface area contributed by atoms with Crippen molar-refractivity contribution in [1.29, 1.82) is 10.5 Å². The predicted octanol–water partition coefficient (Wildman–Crippen LogP) is 4.03. The Morgan fingerprint density at radius 3 is 2.55 bits per heavy atom. The largest absolute Gasteiger partial charge is 0.198 e. The van der Waals surface area contributed by atoms with Gasteiger partial charge in [-0.15, -0.1) is 0 Å². The van der Waals surface area contributed by atoms with E-state index in [1.807, 2.05) is 32.0 Å². The quantitative estimate of drug-likeness (QED) is 0.836. The van der Waals surface area contributed by atoms with Gasteiger partial charge in [-0.1, -0.05) is 35.9 Å². The van der Waals surface area contributed by atoms with Gasteiger partial charge in [0.05, 0.1) is 23.6 Å². The molecule has 0 saturated carbocycles. The summed E-state index contributed by atoms with van der Waals surface area (Å²) in [4.78, 5) is 0. The van der Waals surface area contributed by atoms with Crippen LogP contribution in [0.5, 0.6) is 0 Å². The van der Waals surface area contributed by atoms with Crippen LogP contribution in [0, 0.1) is 36.5 Å². The van der Waals surface area contributed by atoms with E-state index in [4.69, 9.17) is 5.26 Å². The lowest BCUT2D eigenvalue weighted by Crippen LogP contribution is -2.03. The molecular weight excluding hydrogens is 244 g/mol. The van der Waals surface area contributed by atoms with Gasteiger partial charge in [0.2, 0.25) is 0 Å². The van der Waals surface area contributed by atoms with Crippen molar-refractivity contribution < 1.29 is 0 Å². The van der Waals surface area contributed by atoms with Gasteiger partial charge in [0.15, 0.2) is 0 Å². The zero-order chi connectivity index (χ0) is 14.5. The van der Waals surface area contributed by atoms with Crippen molar-refractivity contribution in [2.24, 2.45) is 0 Å². The molecule has 1 atom stereocenters. The molecule has 0 spiro atoms. The third-order valence-electron chi connectivity index (χ3n) is 3.46. The number of hydrogen-bond acceptors (Lipinski definition) is 2. The number of hydrogen-bond donors (Lipinski definition) is 0. The molecule has 0 radical (unpaired) electrons. The first-order valence-corrected chi connectivity index (χ1v) is 6.60. The van der Waals surface area contributed by atoms with Gasteiger partial charge in [-0.3, -0.25) is 0 Å². The Morgan fingerprint density at radius 1 is 1.05 bits per heavy atom. The van der Waals surface area contributed by atoms with E-state index >= 15 is 0 Å². The maximum atomic E-state index is 9.47. The SMILES string of the molecule is Cc1ccc(C)c(C(C#N)Cc2cccc(C#N)c2)c1. The maximum Gasteiger partial charge on any atom is 0.0991 e. The van der Waals surface area contributed by atoms with Crippen molar-refractivity contribution in [3.05, 3.63) is 70.3 Å². The normalized spacial score (nSPS) is 11.4. The van der Waals surface area contributed by atoms with Crippen LogP contribution in [0.15, 0.2) is 42.5 Å². The highest BCUT2D eigenvalue weighted by Gasteiger charge is 2.14. The van der Waals surface area contributed by atoms with Crippen LogP contribution in [0.25, 0.3) is 0 Å². The summed E-state index contributed by atoms with van der Waals surface area (Å²) >= 11 is 0. The van der Waals surface area contributed by atoms with Crippen LogP contribution < -0.4 is 0 Å². The van der Waals surface area contributed by atoms with E-state index < -0.39 is 0 Å². The molecule has 2 rings (SSSR count). The van der Waals surface area contributed by atoms with Crippen LogP contribution in [0.4, 0.5) is 0 Å². The van der Waals surface area contributed by atoms with Crippen molar-refractivity contribution in [3.63, 3.8) is 0 Å². The number of rotatable bonds is 3. The van der Waals surface area contributed by atoms with Crippen LogP contribution in [0.1, 0.15) is 33.7 Å². The van der Waals surface area contributed by atoms with E-state index in [1.54, 1.807) is 6.07 Å². The Hall–Kier alpha value is -2.58. The summed E-state index contributed by atoms with van der Waals surface area (Å²) in [5, 5.41) is 18.4. The first-order chi connectivity index (χ1) is 9.63. The van der Waals surface area contributed by atoms with Gasteiger partial charge >= 0.3 is 0 Å². The highest BCUT2D eigenvalue weighted by Crippen LogP contribution is 2.24. The minimum Gasteiger partial charge on any atom is -0.198 e. The summed E-state index contributed by atoms with van der Waals surface area (Å²) in [5.41, 5.74) is 5.04. The molecule has 0 bridgehead atoms. The Morgan fingerprint density at radius 2 is 1.85 bits per heavy atom. The van der Waals surface area contributed by atoms with Gasteiger partial charge in [0.25, 0.3) is 0 Å². The molecule has 2 aromatic carbocycles. The molecule has 2 heteroatoms. The fraction of sp³-hybridized carbons (Fsp3) is 0.222. The Balaban J connectivity index is 2.32. The minimum atomic E-state index is -0.177. The summed E-state index contributed by atoms with van der Waals surface area (Å²) < 4.78 is 0. The summed E-state index contributed by atoms with van der Waals surface area (Å²) in [6.45, 7) is 4.07. The average molecular weight is 260 g/mol. The maximum absolute atomic E-state index is 9.47. The first-order valence-electron chi connectivity index (χ1n) is 6.60. The zero-order valence-electron chi connectivity index (χ0n) is 11.7. The molecule has 1 unspecified atom stereocenters. The summed E-state index contributed by atoms with van der Waals surface area (Å²) in [6.07, 6.45) is 0.635. The molecule has 2 nitrogen and oxygen atoms in total. The van der Waals surface area contributed by atoms with Crippen molar-refractivity contribution in [1.82, 2.24) is 0 Å². The lowest BCUT2D eigenvalue weighted by Gasteiger charge is -2.13. The standard InChI is InChI=1S/C18H16N2/c1-13-6-7-14(2)18(8-13)17(12-20)10-15-4-3-5-16(9-15)11-19/h3-9,17H,10H2,1-2H3. The lowest BCUT2D eigenvalue weighted by molar-refractivity contribution is 0.839. The highest BCUT2D eigenvalue weighted by atomic mass is 14.3. The number of benzene rings is 2. The third kappa shape index (κ3) is 3.05. The van der Waals surface area contributed by atoms with Gasteiger partial charge in [0, 0.05) is 0 Å². The molecule has 0 aromatic heterocycles. The first kappa shape index (κ1) is 13.8. The monoisotopic (exact) mass is 260 g/mol. The van der Waals surface area contributed by atoms with Gasteiger partial charge in [-0.05, 0) is 49.1 Å². The second-order valence-electron chi connectivity index (χ2n) is 5.06. The van der Waals surface area contributed by atoms with E-state index in [2.05, 4.69) is 30.3 Å². The fourth-order valence-electron chi connectivity index (χ4n) is 2.36. The molecular formula is C18H16N2. The number of nitriles is 2. The smallest absolute Gasteiger partial charge is 0.0991 e. The second-order valence-corrected chi connectivity index (χ2v) is 5.06. The number of nitrogens with zero attached hydrogens (tertiary/aromatic N) is 2. The van der Waals surface area contributed by atoms with E-state index in [9.17, 15) is 5.26 Å². The van der Waals surface area contributed by atoms with E-state index in [1.165, 1.54) is 0 Å². The van der Waals surface area contributed by atoms with Gasteiger partial charge in [-0.25, -0.2) is 0 Å². The molecule has 0 heterocycles. The third-order valence-corrected chi connectivity index (χ3v) is 3.46. The van der Waals surface area contributed by atoms with Gasteiger partial charge in [0.1, 0.15) is 0 Å². The molecule has 0 amide bonds. The molecule has 2 aromatic rings. The molecule has 0 fully saturated rings.